The van der Waals surface area contributed by atoms with E-state index in [1.807, 2.05) is 18.2 Å². The summed E-state index contributed by atoms with van der Waals surface area (Å²) < 4.78 is 17.5. The zero-order chi connectivity index (χ0) is 25.1. The van der Waals surface area contributed by atoms with Gasteiger partial charge < -0.3 is 29.8 Å². The Hall–Kier alpha value is -3.23. The first-order valence-electron chi connectivity index (χ1n) is 12.2. The van der Waals surface area contributed by atoms with E-state index >= 15 is 0 Å². The lowest BCUT2D eigenvalue weighted by molar-refractivity contribution is -0.180. The summed E-state index contributed by atoms with van der Waals surface area (Å²) in [4.78, 5) is 21.1. The summed E-state index contributed by atoms with van der Waals surface area (Å²) in [6, 6.07) is 7.39. The minimum absolute atomic E-state index is 0.0104. The zero-order valence-corrected chi connectivity index (χ0v) is 21.3. The third kappa shape index (κ3) is 3.71. The Kier molecular flexibility index (Phi) is 5.42. The van der Waals surface area contributed by atoms with Gasteiger partial charge in [-0.1, -0.05) is 31.5 Å². The predicted molar refractivity (Wildman–Crippen MR) is 138 cm³/mol. The molecule has 0 unspecified atom stereocenters. The number of para-hydroxylation sites is 1. The van der Waals surface area contributed by atoms with E-state index in [2.05, 4.69) is 34.4 Å². The molecule has 3 aromatic rings. The number of anilines is 2. The Labute approximate surface area is 214 Å². The van der Waals surface area contributed by atoms with Gasteiger partial charge in [0.15, 0.2) is 5.75 Å². The van der Waals surface area contributed by atoms with E-state index < -0.39 is 0 Å². The molecule has 36 heavy (non-hydrogen) atoms. The number of nitrogens with zero attached hydrogens (tertiary/aromatic N) is 1. The van der Waals surface area contributed by atoms with E-state index in [-0.39, 0.29) is 22.8 Å². The van der Waals surface area contributed by atoms with E-state index in [0.29, 0.717) is 46.6 Å². The van der Waals surface area contributed by atoms with E-state index in [0.717, 1.165) is 36.4 Å². The number of carbonyl (C=O) groups excluding carboxylic acids is 1. The molecule has 8 nitrogen and oxygen atoms in total. The quantitative estimate of drug-likeness (QED) is 0.412. The van der Waals surface area contributed by atoms with Gasteiger partial charge in [-0.15, -0.1) is 0 Å². The van der Waals surface area contributed by atoms with Crippen LogP contribution in [0.4, 0.5) is 11.4 Å². The predicted octanol–water partition coefficient (Wildman–Crippen LogP) is 5.06. The van der Waals surface area contributed by atoms with Gasteiger partial charge in [-0.3, -0.25) is 9.78 Å². The fraction of sp³-hybridized carbons (Fsp3) is 0.407. The first-order valence-corrected chi connectivity index (χ1v) is 12.5. The lowest BCUT2D eigenvalue weighted by atomic mass is 9.83. The molecule has 3 aliphatic rings. The second-order valence-electron chi connectivity index (χ2n) is 10.5. The maximum atomic E-state index is 13.2. The van der Waals surface area contributed by atoms with Crippen LogP contribution in [0.25, 0.3) is 11.3 Å². The number of nitrogens with one attached hydrogen (secondary N) is 3. The largest absolute Gasteiger partial charge is 0.493 e. The number of aromatic nitrogens is 2. The van der Waals surface area contributed by atoms with Gasteiger partial charge in [0.05, 0.1) is 53.7 Å². The third-order valence-corrected chi connectivity index (χ3v) is 7.90. The van der Waals surface area contributed by atoms with Crippen LogP contribution >= 0.6 is 11.6 Å². The van der Waals surface area contributed by atoms with Crippen molar-refractivity contribution in [2.75, 3.05) is 32.2 Å². The number of H-pyrrole nitrogens is 1. The summed E-state index contributed by atoms with van der Waals surface area (Å²) in [6.45, 7) is 6.11. The minimum Gasteiger partial charge on any atom is -0.493 e. The number of pyridine rings is 1. The monoisotopic (exact) mass is 508 g/mol. The van der Waals surface area contributed by atoms with Gasteiger partial charge in [-0.05, 0) is 31.0 Å². The lowest BCUT2D eigenvalue weighted by Crippen LogP contribution is -2.50. The Bertz CT molecular complexity index is 1350. The highest BCUT2D eigenvalue weighted by Crippen LogP contribution is 2.54. The fourth-order valence-electron chi connectivity index (χ4n) is 5.08. The number of benzene rings is 1. The minimum atomic E-state index is -0.116. The van der Waals surface area contributed by atoms with Gasteiger partial charge in [0.2, 0.25) is 0 Å². The third-order valence-electron chi connectivity index (χ3n) is 7.60. The molecule has 1 atom stereocenters. The van der Waals surface area contributed by atoms with Gasteiger partial charge in [0.1, 0.15) is 12.4 Å². The molecule has 1 aromatic carbocycles. The van der Waals surface area contributed by atoms with Crippen LogP contribution in [0, 0.1) is 5.41 Å². The number of carbonyl (C=O) groups is 1. The van der Waals surface area contributed by atoms with Crippen LogP contribution in [0.1, 0.15) is 42.7 Å². The maximum absolute atomic E-state index is 13.2. The molecule has 2 aromatic heterocycles. The summed E-state index contributed by atoms with van der Waals surface area (Å²) >= 11 is 6.40. The van der Waals surface area contributed by atoms with Gasteiger partial charge in [-0.2, -0.15) is 0 Å². The van der Waals surface area contributed by atoms with Gasteiger partial charge in [0.25, 0.3) is 5.91 Å². The highest BCUT2D eigenvalue weighted by molar-refractivity contribution is 6.32. The highest BCUT2D eigenvalue weighted by Gasteiger charge is 2.52. The molecule has 1 saturated carbocycles. The average molecular weight is 509 g/mol. The van der Waals surface area contributed by atoms with Crippen LogP contribution in [-0.4, -0.2) is 48.8 Å². The molecule has 2 aliphatic heterocycles. The Balaban J connectivity index is 1.46. The number of hydrogen-bond acceptors (Lipinski definition) is 6. The van der Waals surface area contributed by atoms with Crippen molar-refractivity contribution in [1.82, 2.24) is 15.3 Å². The second kappa shape index (κ2) is 8.42. The smallest absolute Gasteiger partial charge is 0.255 e. The molecule has 3 N–H and O–H groups in total. The normalized spacial score (nSPS) is 20.8. The fourth-order valence-corrected chi connectivity index (χ4v) is 5.33. The molecule has 4 heterocycles. The van der Waals surface area contributed by atoms with Gasteiger partial charge in [0, 0.05) is 34.8 Å². The number of hydrogen-bond donors (Lipinski definition) is 3. The average Bonchev–Trinajstić information content (AvgIpc) is 3.54. The van der Waals surface area contributed by atoms with Crippen molar-refractivity contribution in [3.63, 3.8) is 0 Å². The standard InChI is InChI=1S/C27H29ClN4O4/c1-26(2)14-36-19(26)12-35-18-11-29-10-7-15(18)21-22(31-17-6-4-5-16(28)23(17)34-3)20-24(32-21)27(8-9-27)13-30-25(20)33/h4-7,10-11,19,31-32H,8-9,12-14H2,1-3H3,(H,30,33)/t19-/m1/s1. The Morgan fingerprint density at radius 2 is 2.11 bits per heavy atom. The molecule has 188 valence electrons. The van der Waals surface area contributed by atoms with E-state index in [1.54, 1.807) is 25.6 Å². The van der Waals surface area contributed by atoms with Crippen LogP contribution in [0.5, 0.6) is 11.5 Å². The first-order chi connectivity index (χ1) is 17.3. The van der Waals surface area contributed by atoms with Crippen LogP contribution < -0.4 is 20.1 Å². The zero-order valence-electron chi connectivity index (χ0n) is 20.5. The SMILES string of the molecule is COc1c(Cl)cccc1Nc1c(-c2ccncc2OC[C@H]2OCC2(C)C)[nH]c2c1C(=O)NCC21CC1. The molecule has 1 amide bonds. The number of fused-ring (bicyclic) bond motifs is 2. The molecule has 1 spiro atoms. The highest BCUT2D eigenvalue weighted by atomic mass is 35.5. The molecular formula is C27H29ClN4O4. The molecular weight excluding hydrogens is 480 g/mol. The van der Waals surface area contributed by atoms with Crippen molar-refractivity contribution in [2.24, 2.45) is 5.41 Å². The first kappa shape index (κ1) is 23.2. The van der Waals surface area contributed by atoms with Crippen molar-refractivity contribution in [3.8, 4) is 22.8 Å². The van der Waals surface area contributed by atoms with Crippen molar-refractivity contribution in [3.05, 3.63) is 52.9 Å². The molecule has 2 fully saturated rings. The molecule has 0 radical (unpaired) electrons. The molecule has 1 saturated heterocycles. The topological polar surface area (TPSA) is 97.5 Å². The molecule has 6 rings (SSSR count). The van der Waals surface area contributed by atoms with E-state index in [9.17, 15) is 4.79 Å². The number of amides is 1. The van der Waals surface area contributed by atoms with Crippen molar-refractivity contribution >= 4 is 28.9 Å². The Morgan fingerprint density at radius 1 is 1.28 bits per heavy atom. The van der Waals surface area contributed by atoms with Crippen LogP contribution in [-0.2, 0) is 10.2 Å². The summed E-state index contributed by atoms with van der Waals surface area (Å²) in [5, 5.41) is 7.02. The van der Waals surface area contributed by atoms with Crippen molar-refractivity contribution < 1.29 is 19.0 Å². The van der Waals surface area contributed by atoms with Crippen molar-refractivity contribution in [2.45, 2.75) is 38.2 Å². The number of ether oxygens (including phenoxy) is 3. The van der Waals surface area contributed by atoms with Gasteiger partial charge in [-0.25, -0.2) is 0 Å². The summed E-state index contributed by atoms with van der Waals surface area (Å²) in [7, 11) is 1.57. The van der Waals surface area contributed by atoms with Crippen LogP contribution in [0.3, 0.4) is 0 Å². The summed E-state index contributed by atoms with van der Waals surface area (Å²) in [6.07, 6.45) is 5.48. The Morgan fingerprint density at radius 3 is 2.81 bits per heavy atom. The molecule has 1 aliphatic carbocycles. The van der Waals surface area contributed by atoms with Crippen molar-refractivity contribution in [1.29, 1.82) is 0 Å². The molecule has 9 heteroatoms. The number of methoxy groups -OCH3 is 1. The van der Waals surface area contributed by atoms with Crippen LogP contribution in [0.2, 0.25) is 5.02 Å². The van der Waals surface area contributed by atoms with Crippen LogP contribution in [0.15, 0.2) is 36.7 Å². The molecule has 0 bridgehead atoms. The summed E-state index contributed by atoms with van der Waals surface area (Å²) in [5.74, 6) is 1.01. The van der Waals surface area contributed by atoms with E-state index in [4.69, 9.17) is 25.8 Å². The number of rotatable bonds is 7. The van der Waals surface area contributed by atoms with E-state index in [1.165, 1.54) is 0 Å². The number of aromatic amines is 1. The maximum Gasteiger partial charge on any atom is 0.255 e. The summed E-state index contributed by atoms with van der Waals surface area (Å²) in [5.41, 5.74) is 4.47. The van der Waals surface area contributed by atoms with Gasteiger partial charge >= 0.3 is 0 Å². The number of halogens is 1. The second-order valence-corrected chi connectivity index (χ2v) is 10.9. The lowest BCUT2D eigenvalue weighted by Gasteiger charge is -2.43.